The minimum Gasteiger partial charge on any atom is -0.255 e. The number of pyridine rings is 2. The van der Waals surface area contributed by atoms with Crippen LogP contribution < -0.4 is 0 Å². The molecule has 2 nitrogen and oxygen atoms in total. The second-order valence-electron chi connectivity index (χ2n) is 3.62. The van der Waals surface area contributed by atoms with E-state index in [0.29, 0.717) is 0 Å². The lowest BCUT2D eigenvalue weighted by molar-refractivity contribution is 1.24. The van der Waals surface area contributed by atoms with Crippen LogP contribution in [0.5, 0.6) is 0 Å². The Morgan fingerprint density at radius 1 is 1.06 bits per heavy atom. The topological polar surface area (TPSA) is 25.8 Å². The zero-order chi connectivity index (χ0) is 11.4. The van der Waals surface area contributed by atoms with Crippen LogP contribution in [0.25, 0.3) is 17.0 Å². The third-order valence-electron chi connectivity index (χ3n) is 2.58. The van der Waals surface area contributed by atoms with Crippen molar-refractivity contribution in [3.05, 3.63) is 54.4 Å². The van der Waals surface area contributed by atoms with Gasteiger partial charge in [-0.2, -0.15) is 0 Å². The number of hydrogen-bond donors (Lipinski definition) is 0. The van der Waals surface area contributed by atoms with E-state index in [4.69, 9.17) is 0 Å². The largest absolute Gasteiger partial charge is 0.255 e. The maximum absolute atomic E-state index is 4.41. The molecule has 0 amide bonds. The Balaban J connectivity index is 2.34. The molecule has 0 fully saturated rings. The normalized spacial score (nSPS) is 11.5. The molecule has 2 aromatic rings. The van der Waals surface area contributed by atoms with Gasteiger partial charge in [-0.25, -0.2) is 0 Å². The van der Waals surface area contributed by atoms with Crippen LogP contribution in [0.15, 0.2) is 48.8 Å². The summed E-state index contributed by atoms with van der Waals surface area (Å²) < 4.78 is 0. The van der Waals surface area contributed by atoms with Crippen molar-refractivity contribution in [2.45, 2.75) is 13.8 Å². The zero-order valence-corrected chi connectivity index (χ0v) is 9.51. The molecule has 0 aromatic carbocycles. The van der Waals surface area contributed by atoms with Crippen LogP contribution in [0.3, 0.4) is 0 Å². The summed E-state index contributed by atoms with van der Waals surface area (Å²) in [4.78, 5) is 8.68. The fourth-order valence-corrected chi connectivity index (χ4v) is 1.46. The first kappa shape index (κ1) is 10.6. The Morgan fingerprint density at radius 2 is 1.88 bits per heavy atom. The average Bonchev–Trinajstić information content (AvgIpc) is 2.39. The Morgan fingerprint density at radius 3 is 2.44 bits per heavy atom. The van der Waals surface area contributed by atoms with Crippen LogP contribution in [0.2, 0.25) is 0 Å². The maximum Gasteiger partial charge on any atom is 0.0886 e. The van der Waals surface area contributed by atoms with E-state index in [2.05, 4.69) is 29.0 Å². The van der Waals surface area contributed by atoms with Crippen molar-refractivity contribution in [2.75, 3.05) is 0 Å². The molecule has 0 N–H and O–H groups in total. The summed E-state index contributed by atoms with van der Waals surface area (Å²) in [6.45, 7) is 4.11. The van der Waals surface area contributed by atoms with Crippen molar-refractivity contribution >= 4 is 5.57 Å². The highest BCUT2D eigenvalue weighted by molar-refractivity contribution is 5.64. The lowest BCUT2D eigenvalue weighted by Gasteiger charge is -2.02. The van der Waals surface area contributed by atoms with Gasteiger partial charge in [0.15, 0.2) is 0 Å². The van der Waals surface area contributed by atoms with E-state index in [9.17, 15) is 0 Å². The van der Waals surface area contributed by atoms with Crippen molar-refractivity contribution in [3.63, 3.8) is 0 Å². The fraction of sp³-hybridized carbons (Fsp3) is 0.143. The van der Waals surface area contributed by atoms with Gasteiger partial charge in [0.2, 0.25) is 0 Å². The zero-order valence-electron chi connectivity index (χ0n) is 9.51. The Hall–Kier alpha value is -1.96. The molecule has 0 radical (unpaired) electrons. The summed E-state index contributed by atoms with van der Waals surface area (Å²) in [5.41, 5.74) is 4.21. The summed E-state index contributed by atoms with van der Waals surface area (Å²) in [7, 11) is 0. The van der Waals surface area contributed by atoms with Gasteiger partial charge in [0, 0.05) is 12.4 Å². The fourth-order valence-electron chi connectivity index (χ4n) is 1.46. The molecule has 0 bridgehead atoms. The molecular weight excluding hydrogens is 196 g/mol. The van der Waals surface area contributed by atoms with Gasteiger partial charge >= 0.3 is 0 Å². The van der Waals surface area contributed by atoms with Gasteiger partial charge in [-0.3, -0.25) is 9.97 Å². The molecule has 0 saturated heterocycles. The monoisotopic (exact) mass is 210 g/mol. The highest BCUT2D eigenvalue weighted by Crippen LogP contribution is 2.17. The van der Waals surface area contributed by atoms with Crippen molar-refractivity contribution in [2.24, 2.45) is 0 Å². The Kier molecular flexibility index (Phi) is 3.10. The second-order valence-corrected chi connectivity index (χ2v) is 3.62. The predicted octanol–water partition coefficient (Wildman–Crippen LogP) is 3.57. The number of nitrogens with zero attached hydrogens (tertiary/aromatic N) is 2. The van der Waals surface area contributed by atoms with Crippen molar-refractivity contribution in [1.82, 2.24) is 9.97 Å². The van der Waals surface area contributed by atoms with Crippen LogP contribution in [-0.4, -0.2) is 9.97 Å². The van der Waals surface area contributed by atoms with Crippen LogP contribution in [0.1, 0.15) is 19.4 Å². The van der Waals surface area contributed by atoms with Crippen molar-refractivity contribution in [3.8, 4) is 11.4 Å². The molecule has 16 heavy (non-hydrogen) atoms. The van der Waals surface area contributed by atoms with Crippen LogP contribution in [0, 0.1) is 0 Å². The van der Waals surface area contributed by atoms with E-state index in [1.54, 1.807) is 6.20 Å². The standard InChI is InChI=1S/C14H14N2/c1-3-11(2)12-7-8-14(16-10-12)13-6-4-5-9-15-13/h3-10H,1-2H3. The minimum atomic E-state index is 0.909. The summed E-state index contributed by atoms with van der Waals surface area (Å²) >= 11 is 0. The predicted molar refractivity (Wildman–Crippen MR) is 66.8 cm³/mol. The molecule has 0 unspecified atom stereocenters. The molecule has 0 spiro atoms. The van der Waals surface area contributed by atoms with Gasteiger partial charge < -0.3 is 0 Å². The van der Waals surface area contributed by atoms with E-state index in [-0.39, 0.29) is 0 Å². The van der Waals surface area contributed by atoms with Gasteiger partial charge in [-0.1, -0.05) is 18.2 Å². The SMILES string of the molecule is CC=C(C)c1ccc(-c2ccccn2)nc1. The third kappa shape index (κ3) is 2.16. The first-order chi connectivity index (χ1) is 7.81. The van der Waals surface area contributed by atoms with Crippen molar-refractivity contribution < 1.29 is 0 Å². The first-order valence-corrected chi connectivity index (χ1v) is 5.32. The van der Waals surface area contributed by atoms with E-state index in [1.165, 1.54) is 5.57 Å². The van der Waals surface area contributed by atoms with Gasteiger partial charge in [0.1, 0.15) is 0 Å². The quantitative estimate of drug-likeness (QED) is 0.757. The lowest BCUT2D eigenvalue weighted by Crippen LogP contribution is -1.88. The highest BCUT2D eigenvalue weighted by atomic mass is 14.8. The molecule has 2 heterocycles. The van der Waals surface area contributed by atoms with Crippen molar-refractivity contribution in [1.29, 1.82) is 0 Å². The molecular formula is C14H14N2. The van der Waals surface area contributed by atoms with Gasteiger partial charge in [-0.15, -0.1) is 0 Å². The molecule has 0 saturated carbocycles. The van der Waals surface area contributed by atoms with Crippen LogP contribution >= 0.6 is 0 Å². The van der Waals surface area contributed by atoms with Gasteiger partial charge in [0.05, 0.1) is 11.4 Å². The smallest absolute Gasteiger partial charge is 0.0886 e. The molecule has 0 aliphatic carbocycles. The van der Waals surface area contributed by atoms with E-state index >= 15 is 0 Å². The number of aromatic nitrogens is 2. The summed E-state index contributed by atoms with van der Waals surface area (Å²) in [6, 6.07) is 9.92. The molecule has 0 aliphatic rings. The molecule has 2 rings (SSSR count). The molecule has 2 heteroatoms. The molecule has 80 valence electrons. The van der Waals surface area contributed by atoms with E-state index in [0.717, 1.165) is 17.0 Å². The summed E-state index contributed by atoms with van der Waals surface area (Å²) in [5.74, 6) is 0. The second kappa shape index (κ2) is 4.71. The third-order valence-corrected chi connectivity index (χ3v) is 2.58. The van der Waals surface area contributed by atoms with Gasteiger partial charge in [-0.05, 0) is 43.2 Å². The number of rotatable bonds is 2. The van der Waals surface area contributed by atoms with Gasteiger partial charge in [0.25, 0.3) is 0 Å². The van der Waals surface area contributed by atoms with Crippen LogP contribution in [-0.2, 0) is 0 Å². The highest BCUT2D eigenvalue weighted by Gasteiger charge is 2.00. The lowest BCUT2D eigenvalue weighted by atomic mass is 10.1. The van der Waals surface area contributed by atoms with E-state index in [1.807, 2.05) is 37.4 Å². The average molecular weight is 210 g/mol. The van der Waals surface area contributed by atoms with Crippen LogP contribution in [0.4, 0.5) is 0 Å². The minimum absolute atomic E-state index is 0.909. The first-order valence-electron chi connectivity index (χ1n) is 5.32. The molecule has 2 aromatic heterocycles. The van der Waals surface area contributed by atoms with E-state index < -0.39 is 0 Å². The number of allylic oxidation sites excluding steroid dienone is 2. The Labute approximate surface area is 95.7 Å². The molecule has 0 atom stereocenters. The summed E-state index contributed by atoms with van der Waals surface area (Å²) in [6.07, 6.45) is 5.75. The Bertz CT molecular complexity index is 484. The number of hydrogen-bond acceptors (Lipinski definition) is 2. The maximum atomic E-state index is 4.41. The summed E-state index contributed by atoms with van der Waals surface area (Å²) in [5, 5.41) is 0. The molecule has 0 aliphatic heterocycles.